The fourth-order valence-electron chi connectivity index (χ4n) is 13.2. The van der Waals surface area contributed by atoms with Crippen molar-refractivity contribution in [2.75, 3.05) is 27.3 Å². The molecule has 2 aliphatic carbocycles. The highest BCUT2D eigenvalue weighted by Crippen LogP contribution is 2.37. The summed E-state index contributed by atoms with van der Waals surface area (Å²) in [7, 11) is -5.79. The zero-order chi connectivity index (χ0) is 70.0. The van der Waals surface area contributed by atoms with E-state index in [4.69, 9.17) is 21.7 Å². The van der Waals surface area contributed by atoms with Crippen LogP contribution in [-0.4, -0.2) is 115 Å². The number of hydrogen-bond donors (Lipinski definition) is 7. The fourth-order valence-corrected chi connectivity index (χ4v) is 15.9. The van der Waals surface area contributed by atoms with Crippen LogP contribution in [0.1, 0.15) is 137 Å². The molecule has 10 aromatic rings. The molecule has 1 unspecified atom stereocenters. The minimum atomic E-state index is -3.06. The average Bonchev–Trinajstić information content (AvgIpc) is 1.63. The number of carboxylic acid groups (broad SMARTS) is 2. The maximum Gasteiger partial charge on any atom is 0.335 e. The SMILES string of the molecule is NC1=NN(c2ccc(C(=O)O)cc2)C(=O)/C1=C\c1cn(C2CCS(=O)(=O)C2)c2ccccc12.NC1=NN(c2ccc(C(=O)O)cc2)C(=O)C1.O=Cc1c[nH]c2ccccc12.O=S1(=O)C=CCC1.OCc1cn(C2CCCC2)c2ccccc12.OCc1cn(C2CCCC2)c2ccccc12. The highest BCUT2D eigenvalue weighted by atomic mass is 32.2. The third-order valence-corrected chi connectivity index (χ3v) is 21.3. The molecule has 6 aromatic carbocycles. The van der Waals surface area contributed by atoms with Crippen LogP contribution in [0.15, 0.2) is 198 Å². The molecule has 99 heavy (non-hydrogen) atoms. The number of amidine groups is 2. The number of anilines is 2. The molecule has 0 radical (unpaired) electrons. The Morgan fingerprint density at radius 3 is 1.49 bits per heavy atom. The Morgan fingerprint density at radius 2 is 1.05 bits per heavy atom. The number of aliphatic hydroxyl groups is 2. The lowest BCUT2D eigenvalue weighted by molar-refractivity contribution is -0.117. The molecule has 2 amide bonds. The number of aldehydes is 1. The summed E-state index contributed by atoms with van der Waals surface area (Å²) in [5.41, 5.74) is 20.9. The molecule has 25 heteroatoms. The summed E-state index contributed by atoms with van der Waals surface area (Å²) in [5.74, 6) is -1.87. The van der Waals surface area contributed by atoms with Gasteiger partial charge in [0.2, 0.25) is 0 Å². The maximum absolute atomic E-state index is 13.1. The smallest absolute Gasteiger partial charge is 0.335 e. The van der Waals surface area contributed by atoms with Crippen LogP contribution in [0.3, 0.4) is 0 Å². The lowest BCUT2D eigenvalue weighted by Gasteiger charge is -2.12. The second-order valence-electron chi connectivity index (χ2n) is 24.7. The van der Waals surface area contributed by atoms with Crippen molar-refractivity contribution in [2.24, 2.45) is 21.7 Å². The third kappa shape index (κ3) is 16.1. The molecule has 16 rings (SSSR count). The number of allylic oxidation sites excluding steroid dienone is 1. The number of carbonyl (C=O) groups is 5. The number of hydrogen-bond acceptors (Lipinski definition) is 15. The number of fused-ring (bicyclic) bond motifs is 4. The molecule has 6 aliphatic rings. The van der Waals surface area contributed by atoms with Gasteiger partial charge in [0, 0.05) is 114 Å². The Bertz CT molecular complexity index is 4920. The highest BCUT2D eigenvalue weighted by molar-refractivity contribution is 7.94. The lowest BCUT2D eigenvalue weighted by atomic mass is 10.1. The van der Waals surface area contributed by atoms with Crippen LogP contribution in [0, 0.1) is 0 Å². The minimum absolute atomic E-state index is 0.0441. The number of para-hydroxylation sites is 4. The number of nitrogens with one attached hydrogen (secondary N) is 1. The third-order valence-electron chi connectivity index (χ3n) is 18.1. The Morgan fingerprint density at radius 1 is 0.566 bits per heavy atom. The van der Waals surface area contributed by atoms with E-state index >= 15 is 0 Å². The number of amides is 2. The number of nitrogens with two attached hydrogens (primary N) is 2. The number of nitrogens with zero attached hydrogens (tertiary/aromatic N) is 7. The van der Waals surface area contributed by atoms with E-state index in [1.165, 1.54) is 132 Å². The Kier molecular flexibility index (Phi) is 21.6. The summed E-state index contributed by atoms with van der Waals surface area (Å²) in [6.45, 7) is 0.278. The summed E-state index contributed by atoms with van der Waals surface area (Å²) in [6.07, 6.45) is 23.9. The zero-order valence-electron chi connectivity index (χ0n) is 54.1. The molecular weight excluding hydrogens is 1300 g/mol. The fraction of sp³-hybridized carbons (Fsp3) is 0.257. The summed E-state index contributed by atoms with van der Waals surface area (Å²) >= 11 is 0. The van der Waals surface area contributed by atoms with Crippen LogP contribution in [0.5, 0.6) is 0 Å². The molecule has 8 heterocycles. The van der Waals surface area contributed by atoms with E-state index in [1.807, 2.05) is 71.4 Å². The van der Waals surface area contributed by atoms with Gasteiger partial charge in [0.25, 0.3) is 11.8 Å². The van der Waals surface area contributed by atoms with Crippen LogP contribution < -0.4 is 21.5 Å². The first-order valence-corrected chi connectivity index (χ1v) is 36.1. The van der Waals surface area contributed by atoms with Crippen LogP contribution >= 0.6 is 0 Å². The Balaban J connectivity index is 0.000000128. The molecule has 0 bridgehead atoms. The van der Waals surface area contributed by atoms with Gasteiger partial charge in [-0.05, 0) is 117 Å². The number of benzene rings is 6. The first-order chi connectivity index (χ1) is 47.7. The van der Waals surface area contributed by atoms with Crippen LogP contribution in [-0.2, 0) is 42.5 Å². The number of aromatic carboxylic acids is 2. The molecular formula is C74H76N10O13S2. The van der Waals surface area contributed by atoms with Gasteiger partial charge in [-0.25, -0.2) is 26.4 Å². The van der Waals surface area contributed by atoms with Crippen molar-refractivity contribution in [1.82, 2.24) is 18.7 Å². The number of rotatable bonds is 11. The molecule has 512 valence electrons. The Labute approximate surface area is 571 Å². The molecule has 23 nitrogen and oxygen atoms in total. The van der Waals surface area contributed by atoms with Crippen molar-refractivity contribution in [3.8, 4) is 0 Å². The molecule has 1 atom stereocenters. The molecule has 2 saturated carbocycles. The van der Waals surface area contributed by atoms with Gasteiger partial charge in [-0.2, -0.15) is 15.1 Å². The van der Waals surface area contributed by atoms with Gasteiger partial charge in [-0.3, -0.25) is 14.4 Å². The van der Waals surface area contributed by atoms with E-state index in [0.29, 0.717) is 42.1 Å². The van der Waals surface area contributed by atoms with Crippen molar-refractivity contribution >= 4 is 122 Å². The van der Waals surface area contributed by atoms with E-state index < -0.39 is 37.5 Å². The first kappa shape index (κ1) is 69.6. The Hall–Kier alpha value is -10.7. The maximum atomic E-state index is 13.1. The van der Waals surface area contributed by atoms with Crippen molar-refractivity contribution in [3.63, 3.8) is 0 Å². The molecule has 1 saturated heterocycles. The van der Waals surface area contributed by atoms with E-state index in [0.717, 1.165) is 55.4 Å². The standard InChI is InChI=1S/C23H20N4O5S.2C14H17NO.C10H9N3O3.C9H7NO.C4H6O2S/c24-21-19(22(28)27(25-21)16-7-5-14(6-8-16)23(29)30)11-15-12-26(17-9-10-33(31,32)13-17)20-4-2-1-3-18(15)20;2*16-10-11-9-15(12-5-1-2-6-12)14-8-4-3-7-13(11)14;11-8-5-9(14)13(12-8)7-3-1-6(2-4-7)10(15)16;11-6-7-5-10-9-4-2-1-3-8(7)9;5-7(6)3-1-2-4-7/h1-8,11-12,17H,9-10,13H2,(H2,24,25)(H,29,30);2*3-4,7-9,12,16H,1-2,5-6,10H2;1-4H,5H2,(H2,11,12)(H,15,16);1-6,10H;1,3H,2,4H2/b19-11-;;;;;. The van der Waals surface area contributed by atoms with Crippen LogP contribution in [0.4, 0.5) is 11.4 Å². The average molecular weight is 1380 g/mol. The van der Waals surface area contributed by atoms with Gasteiger partial charge < -0.3 is 50.6 Å². The monoisotopic (exact) mass is 1380 g/mol. The number of carboxylic acids is 2. The highest BCUT2D eigenvalue weighted by Gasteiger charge is 2.33. The molecule has 9 N–H and O–H groups in total. The van der Waals surface area contributed by atoms with Gasteiger partial charge in [0.1, 0.15) is 5.84 Å². The van der Waals surface area contributed by atoms with Crippen molar-refractivity contribution in [2.45, 2.75) is 102 Å². The summed E-state index contributed by atoms with van der Waals surface area (Å²) < 4.78 is 51.4. The summed E-state index contributed by atoms with van der Waals surface area (Å²) in [6, 6.07) is 44.8. The quantitative estimate of drug-likeness (QED) is 0.0467. The largest absolute Gasteiger partial charge is 0.478 e. The van der Waals surface area contributed by atoms with Crippen molar-refractivity contribution in [1.29, 1.82) is 0 Å². The van der Waals surface area contributed by atoms with E-state index in [9.17, 15) is 51.0 Å². The minimum Gasteiger partial charge on any atom is -0.478 e. The topological polar surface area (TPSA) is 348 Å². The molecule has 0 spiro atoms. The number of aliphatic hydroxyl groups excluding tert-OH is 2. The number of carbonyl (C=O) groups excluding carboxylic acids is 3. The number of sulfone groups is 2. The van der Waals surface area contributed by atoms with Gasteiger partial charge in [-0.15, -0.1) is 5.10 Å². The second-order valence-corrected chi connectivity index (χ2v) is 28.9. The number of H-pyrrole nitrogens is 1. The predicted molar refractivity (Wildman–Crippen MR) is 384 cm³/mol. The normalized spacial score (nSPS) is 18.0. The number of hydrazone groups is 2. The zero-order valence-corrected chi connectivity index (χ0v) is 55.7. The number of aromatic amines is 1. The number of aromatic nitrogens is 4. The van der Waals surface area contributed by atoms with Crippen molar-refractivity contribution < 1.29 is 61.2 Å². The molecule has 3 fully saturated rings. The van der Waals surface area contributed by atoms with Gasteiger partial charge in [0.05, 0.1) is 65.0 Å². The van der Waals surface area contributed by atoms with Crippen LogP contribution in [0.25, 0.3) is 49.7 Å². The van der Waals surface area contributed by atoms with Gasteiger partial charge in [0.15, 0.2) is 31.8 Å². The summed E-state index contributed by atoms with van der Waals surface area (Å²) in [5, 5.41) is 52.4. The predicted octanol–water partition coefficient (Wildman–Crippen LogP) is 11.6. The van der Waals surface area contributed by atoms with E-state index in [-0.39, 0.29) is 71.5 Å². The molecule has 4 aromatic heterocycles. The van der Waals surface area contributed by atoms with E-state index in [2.05, 4.69) is 73.1 Å². The first-order valence-electron chi connectivity index (χ1n) is 32.6. The summed E-state index contributed by atoms with van der Waals surface area (Å²) in [4.78, 5) is 59.7. The van der Waals surface area contributed by atoms with Gasteiger partial charge in [-0.1, -0.05) is 105 Å². The van der Waals surface area contributed by atoms with Crippen LogP contribution in [0.2, 0.25) is 0 Å². The molecule has 4 aliphatic heterocycles. The second kappa shape index (κ2) is 30.8. The van der Waals surface area contributed by atoms with E-state index in [1.54, 1.807) is 18.3 Å². The van der Waals surface area contributed by atoms with Gasteiger partial charge >= 0.3 is 11.9 Å². The van der Waals surface area contributed by atoms with Crippen molar-refractivity contribution in [3.05, 3.63) is 221 Å². The lowest BCUT2D eigenvalue weighted by Crippen LogP contribution is -2.22.